The van der Waals surface area contributed by atoms with Crippen LogP contribution in [0.3, 0.4) is 0 Å². The lowest BCUT2D eigenvalue weighted by Gasteiger charge is -2.44. The number of carbonyl (C=O) groups excluding carboxylic acids is 2. The van der Waals surface area contributed by atoms with Crippen molar-refractivity contribution in [2.24, 2.45) is 5.41 Å². The van der Waals surface area contributed by atoms with Gasteiger partial charge in [-0.15, -0.1) is 0 Å². The number of hydrogen-bond acceptors (Lipinski definition) is 5. The van der Waals surface area contributed by atoms with E-state index in [1.165, 1.54) is 0 Å². The number of nitrogens with zero attached hydrogens (tertiary/aromatic N) is 2. The number of ether oxygens (including phenoxy) is 1. The summed E-state index contributed by atoms with van der Waals surface area (Å²) < 4.78 is 20.1. The Bertz CT molecular complexity index is 1230. The zero-order valence-corrected chi connectivity index (χ0v) is 30.8. The van der Waals surface area contributed by atoms with Gasteiger partial charge in [0.2, 0.25) is 0 Å². The van der Waals surface area contributed by atoms with Gasteiger partial charge in [0.15, 0.2) is 14.5 Å². The molecule has 0 aromatic heterocycles. The standard InChI is InChI=1S/C34H56N2O5Si2/c1-14-17-39-32(38)36-27-19-29(40-43(22(2)3,23(4)5)24(6)7)25(8)18-26(27)30(37)35-21-34(15-16-34)20-28(35)31(36)41-42(12,13)33(9,10)11/h14,18-19,22-24,28,31H,1,15-17,20-21H2,2-13H3/t28-,31-/m0/s1. The molecular weight excluding hydrogens is 573 g/mol. The van der Waals surface area contributed by atoms with E-state index >= 15 is 0 Å². The molecule has 1 aromatic rings. The van der Waals surface area contributed by atoms with Crippen molar-refractivity contribution in [3.05, 3.63) is 35.9 Å². The molecule has 2 amide bonds. The minimum Gasteiger partial charge on any atom is -0.542 e. The van der Waals surface area contributed by atoms with Crippen molar-refractivity contribution in [1.82, 2.24) is 4.90 Å². The van der Waals surface area contributed by atoms with Crippen LogP contribution in [0.1, 0.15) is 97.5 Å². The summed E-state index contributed by atoms with van der Waals surface area (Å²) in [5.74, 6) is 0.698. The monoisotopic (exact) mass is 628 g/mol. The molecule has 43 heavy (non-hydrogen) atoms. The molecule has 2 heterocycles. The van der Waals surface area contributed by atoms with Gasteiger partial charge in [0.05, 0.1) is 17.3 Å². The van der Waals surface area contributed by atoms with Crippen LogP contribution in [0, 0.1) is 12.3 Å². The van der Waals surface area contributed by atoms with Gasteiger partial charge in [-0.2, -0.15) is 0 Å². The quantitative estimate of drug-likeness (QED) is 0.202. The molecule has 1 saturated carbocycles. The zero-order valence-electron chi connectivity index (χ0n) is 28.8. The normalized spacial score (nSPS) is 21.8. The fraction of sp³-hybridized carbons (Fsp3) is 0.706. The zero-order chi connectivity index (χ0) is 32.3. The Morgan fingerprint density at radius 2 is 1.67 bits per heavy atom. The molecule has 9 heteroatoms. The van der Waals surface area contributed by atoms with Crippen LogP contribution in [0.15, 0.2) is 24.8 Å². The van der Waals surface area contributed by atoms with Gasteiger partial charge in [-0.25, -0.2) is 9.69 Å². The van der Waals surface area contributed by atoms with Crippen molar-refractivity contribution < 1.29 is 23.2 Å². The molecule has 0 bridgehead atoms. The van der Waals surface area contributed by atoms with E-state index in [1.807, 2.05) is 24.0 Å². The SMILES string of the molecule is C=CCOC(=O)N1c2cc(O[Si](C(C)C)(C(C)C)C(C)C)c(C)cc2C(=O)N2CC3(CC3)C[C@H]2[C@@H]1O[Si](C)(C)C(C)(C)C. The van der Waals surface area contributed by atoms with Crippen LogP contribution in [0.25, 0.3) is 0 Å². The van der Waals surface area contributed by atoms with Gasteiger partial charge in [-0.05, 0) is 78.0 Å². The number of fused-ring (bicyclic) bond motifs is 2. The average molecular weight is 629 g/mol. The second kappa shape index (κ2) is 11.7. The lowest BCUT2D eigenvalue weighted by atomic mass is 10.0. The van der Waals surface area contributed by atoms with Gasteiger partial charge in [0.1, 0.15) is 12.4 Å². The predicted molar refractivity (Wildman–Crippen MR) is 180 cm³/mol. The van der Waals surface area contributed by atoms with Gasteiger partial charge in [0.25, 0.3) is 14.2 Å². The molecule has 2 atom stereocenters. The third-order valence-corrected chi connectivity index (χ3v) is 21.3. The summed E-state index contributed by atoms with van der Waals surface area (Å²) in [6.07, 6.45) is 3.42. The van der Waals surface area contributed by atoms with E-state index in [4.69, 9.17) is 13.6 Å². The van der Waals surface area contributed by atoms with Crippen molar-refractivity contribution in [3.8, 4) is 5.75 Å². The predicted octanol–water partition coefficient (Wildman–Crippen LogP) is 9.03. The third-order valence-electron chi connectivity index (χ3n) is 10.9. The first kappa shape index (κ1) is 33.8. The van der Waals surface area contributed by atoms with Crippen molar-refractivity contribution in [3.63, 3.8) is 0 Å². The average Bonchev–Trinajstić information content (AvgIpc) is 3.55. The van der Waals surface area contributed by atoms with E-state index in [-0.39, 0.29) is 29.0 Å². The van der Waals surface area contributed by atoms with Crippen molar-refractivity contribution in [2.75, 3.05) is 18.1 Å². The Labute approximate surface area is 262 Å². The number of anilines is 1. The second-order valence-electron chi connectivity index (χ2n) is 15.8. The number of rotatable bonds is 9. The lowest BCUT2D eigenvalue weighted by molar-refractivity contribution is 0.0528. The van der Waals surface area contributed by atoms with Crippen LogP contribution >= 0.6 is 0 Å². The van der Waals surface area contributed by atoms with Crippen LogP contribution in [0.5, 0.6) is 5.75 Å². The smallest absolute Gasteiger partial charge is 0.416 e. The number of benzene rings is 1. The molecular formula is C34H56N2O5Si2. The van der Waals surface area contributed by atoms with Crippen LogP contribution < -0.4 is 9.33 Å². The number of carbonyl (C=O) groups is 2. The highest BCUT2D eigenvalue weighted by Gasteiger charge is 2.59. The summed E-state index contributed by atoms with van der Waals surface area (Å²) in [6, 6.07) is 3.61. The van der Waals surface area contributed by atoms with Crippen LogP contribution in [0.4, 0.5) is 10.5 Å². The van der Waals surface area contributed by atoms with Crippen molar-refractivity contribution in [1.29, 1.82) is 0 Å². The molecule has 1 spiro atoms. The molecule has 7 nitrogen and oxygen atoms in total. The van der Waals surface area contributed by atoms with E-state index in [0.717, 1.165) is 30.6 Å². The van der Waals surface area contributed by atoms with E-state index in [1.54, 1.807) is 11.0 Å². The van der Waals surface area contributed by atoms with Crippen LogP contribution in [-0.4, -0.2) is 59.0 Å². The highest BCUT2D eigenvalue weighted by atomic mass is 28.4. The summed E-state index contributed by atoms with van der Waals surface area (Å²) in [5, 5.41) is -0.0952. The molecule has 3 aliphatic rings. The Hall–Kier alpha value is -2.11. The lowest BCUT2D eigenvalue weighted by Crippen LogP contribution is -2.58. The maximum atomic E-state index is 14.5. The molecule has 0 radical (unpaired) electrons. The fourth-order valence-electron chi connectivity index (χ4n) is 7.29. The number of amides is 2. The summed E-state index contributed by atoms with van der Waals surface area (Å²) in [5.41, 5.74) is 3.17. The van der Waals surface area contributed by atoms with E-state index in [0.29, 0.717) is 34.4 Å². The highest BCUT2D eigenvalue weighted by molar-refractivity contribution is 6.78. The van der Waals surface area contributed by atoms with E-state index < -0.39 is 29.0 Å². The van der Waals surface area contributed by atoms with Gasteiger partial charge >= 0.3 is 6.09 Å². The largest absolute Gasteiger partial charge is 0.542 e. The van der Waals surface area contributed by atoms with Crippen LogP contribution in [-0.2, 0) is 9.16 Å². The molecule has 0 N–H and O–H groups in total. The molecule has 1 aromatic carbocycles. The van der Waals surface area contributed by atoms with Crippen LogP contribution in [0.2, 0.25) is 34.8 Å². The molecule has 2 fully saturated rings. The second-order valence-corrected chi connectivity index (χ2v) is 25.9. The maximum Gasteiger partial charge on any atom is 0.416 e. The van der Waals surface area contributed by atoms with Gasteiger partial charge in [-0.3, -0.25) is 4.79 Å². The van der Waals surface area contributed by atoms with E-state index in [9.17, 15) is 9.59 Å². The number of hydrogen-bond donors (Lipinski definition) is 0. The van der Waals surface area contributed by atoms with E-state index in [2.05, 4.69) is 82.0 Å². The Balaban J connectivity index is 1.95. The van der Waals surface area contributed by atoms with Gasteiger partial charge < -0.3 is 18.5 Å². The molecule has 1 aliphatic carbocycles. The third kappa shape index (κ3) is 5.98. The molecule has 240 valence electrons. The maximum absolute atomic E-state index is 14.5. The topological polar surface area (TPSA) is 68.3 Å². The highest BCUT2D eigenvalue weighted by Crippen LogP contribution is 2.57. The summed E-state index contributed by atoms with van der Waals surface area (Å²) in [4.78, 5) is 32.2. The minimum absolute atomic E-state index is 0.0404. The molecule has 1 saturated heterocycles. The first-order valence-electron chi connectivity index (χ1n) is 16.2. The molecule has 2 aliphatic heterocycles. The fourth-order valence-corrected chi connectivity index (χ4v) is 13.8. The first-order chi connectivity index (χ1) is 19.8. The van der Waals surface area contributed by atoms with Crippen molar-refractivity contribution in [2.45, 2.75) is 136 Å². The minimum atomic E-state index is -2.40. The molecule has 4 rings (SSSR count). The summed E-state index contributed by atoms with van der Waals surface area (Å²) >= 11 is 0. The number of aryl methyl sites for hydroxylation is 1. The van der Waals surface area contributed by atoms with Gasteiger partial charge in [-0.1, -0.05) is 75.0 Å². The Kier molecular flexibility index (Phi) is 9.17. The summed E-state index contributed by atoms with van der Waals surface area (Å²) in [6.45, 7) is 31.1. The Morgan fingerprint density at radius 3 is 2.16 bits per heavy atom. The first-order valence-corrected chi connectivity index (χ1v) is 21.3. The van der Waals surface area contributed by atoms with Gasteiger partial charge in [0, 0.05) is 12.6 Å². The molecule has 0 unspecified atom stereocenters. The summed E-state index contributed by atoms with van der Waals surface area (Å²) in [7, 11) is -4.73. The van der Waals surface area contributed by atoms with Crippen molar-refractivity contribution >= 4 is 34.3 Å². The Morgan fingerprint density at radius 1 is 1.09 bits per heavy atom.